The fraction of sp³-hybridized carbons (Fsp3) is 0.400. The Morgan fingerprint density at radius 2 is 1.94 bits per heavy atom. The quantitative estimate of drug-likeness (QED) is 0.714. The highest BCUT2D eigenvalue weighted by Crippen LogP contribution is 2.15. The van der Waals surface area contributed by atoms with Gasteiger partial charge in [-0.3, -0.25) is 0 Å². The van der Waals surface area contributed by atoms with Gasteiger partial charge in [0.05, 0.1) is 0 Å². The fourth-order valence-corrected chi connectivity index (χ4v) is 1.77. The molecule has 0 aromatic carbocycles. The normalized spacial score (nSPS) is 10.1. The lowest BCUT2D eigenvalue weighted by Crippen LogP contribution is -2.24. The van der Waals surface area contributed by atoms with Crippen LogP contribution in [0.2, 0.25) is 0 Å². The molecule has 0 saturated carbocycles. The van der Waals surface area contributed by atoms with Crippen LogP contribution in [0.25, 0.3) is 0 Å². The Hall–Kier alpha value is -1.61. The molecule has 0 aliphatic heterocycles. The predicted octanol–water partition coefficient (Wildman–Crippen LogP) is 2.68. The number of rotatable bonds is 8. The zero-order valence-electron chi connectivity index (χ0n) is 11.4. The first kappa shape index (κ1) is 14.5. The average Bonchev–Trinajstić information content (AvgIpc) is 2.37. The van der Waals surface area contributed by atoms with E-state index in [2.05, 4.69) is 54.3 Å². The second-order valence-corrected chi connectivity index (χ2v) is 4.18. The van der Waals surface area contributed by atoms with E-state index in [1.54, 1.807) is 0 Å². The van der Waals surface area contributed by atoms with Crippen LogP contribution in [0.15, 0.2) is 37.4 Å². The van der Waals surface area contributed by atoms with E-state index in [4.69, 9.17) is 0 Å². The molecular formula is C15H23N3. The average molecular weight is 245 g/mol. The maximum Gasteiger partial charge on any atom is 0.129 e. The lowest BCUT2D eigenvalue weighted by atomic mass is 10.2. The molecule has 1 aromatic heterocycles. The lowest BCUT2D eigenvalue weighted by Gasteiger charge is -2.21. The van der Waals surface area contributed by atoms with Gasteiger partial charge in [0.1, 0.15) is 5.82 Å². The Kier molecular flexibility index (Phi) is 6.15. The van der Waals surface area contributed by atoms with Gasteiger partial charge in [0.2, 0.25) is 0 Å². The van der Waals surface area contributed by atoms with E-state index >= 15 is 0 Å². The van der Waals surface area contributed by atoms with E-state index in [0.29, 0.717) is 0 Å². The van der Waals surface area contributed by atoms with Crippen LogP contribution in [0.5, 0.6) is 0 Å². The minimum Gasteiger partial charge on any atom is -0.349 e. The monoisotopic (exact) mass is 245 g/mol. The third-order valence-corrected chi connectivity index (χ3v) is 2.77. The molecule has 98 valence electrons. The van der Waals surface area contributed by atoms with Gasteiger partial charge in [0, 0.05) is 25.3 Å². The summed E-state index contributed by atoms with van der Waals surface area (Å²) in [6.45, 7) is 15.1. The van der Waals surface area contributed by atoms with Gasteiger partial charge in [-0.2, -0.15) is 0 Å². The molecule has 0 saturated heterocycles. The molecule has 0 aliphatic carbocycles. The second-order valence-electron chi connectivity index (χ2n) is 4.18. The number of hydrogen-bond acceptors (Lipinski definition) is 3. The largest absolute Gasteiger partial charge is 0.349 e. The van der Waals surface area contributed by atoms with Gasteiger partial charge in [-0.05, 0) is 25.1 Å². The molecule has 0 bridgehead atoms. The number of anilines is 1. The summed E-state index contributed by atoms with van der Waals surface area (Å²) in [5.74, 6) is 0.979. The molecule has 0 atom stereocenters. The molecule has 0 unspecified atom stereocenters. The van der Waals surface area contributed by atoms with Crippen LogP contribution >= 0.6 is 0 Å². The van der Waals surface area contributed by atoms with Gasteiger partial charge in [-0.1, -0.05) is 25.1 Å². The van der Waals surface area contributed by atoms with Gasteiger partial charge in [0.15, 0.2) is 0 Å². The summed E-state index contributed by atoms with van der Waals surface area (Å²) < 4.78 is 0. The first-order valence-corrected chi connectivity index (χ1v) is 6.36. The van der Waals surface area contributed by atoms with E-state index in [9.17, 15) is 0 Å². The van der Waals surface area contributed by atoms with Crippen LogP contribution in [-0.4, -0.2) is 24.6 Å². The first-order valence-electron chi connectivity index (χ1n) is 6.36. The third kappa shape index (κ3) is 4.00. The summed E-state index contributed by atoms with van der Waals surface area (Å²) in [6, 6.07) is 4.20. The smallest absolute Gasteiger partial charge is 0.129 e. The maximum atomic E-state index is 4.65. The highest BCUT2D eigenvalue weighted by Gasteiger charge is 2.07. The molecule has 0 amide bonds. The molecule has 3 nitrogen and oxygen atoms in total. The number of nitrogens with one attached hydrogen (secondary N) is 1. The van der Waals surface area contributed by atoms with Crippen molar-refractivity contribution in [3.8, 4) is 0 Å². The molecule has 1 N–H and O–H groups in total. The molecule has 1 rings (SSSR count). The fourth-order valence-electron chi connectivity index (χ4n) is 1.77. The van der Waals surface area contributed by atoms with Crippen molar-refractivity contribution in [3.63, 3.8) is 0 Å². The summed E-state index contributed by atoms with van der Waals surface area (Å²) in [6.07, 6.45) is 3.76. The van der Waals surface area contributed by atoms with Gasteiger partial charge in [-0.25, -0.2) is 4.98 Å². The topological polar surface area (TPSA) is 28.2 Å². The van der Waals surface area contributed by atoms with E-state index in [0.717, 1.165) is 37.7 Å². The number of aromatic nitrogens is 1. The zero-order valence-corrected chi connectivity index (χ0v) is 11.4. The third-order valence-electron chi connectivity index (χ3n) is 2.77. The molecule has 3 heteroatoms. The van der Waals surface area contributed by atoms with Crippen LogP contribution in [0.4, 0.5) is 5.82 Å². The Balaban J connectivity index is 2.86. The Bertz CT molecular complexity index is 389. The standard InChI is InChI=1S/C15H23N3/c1-5-10-18(11-6-2)15-9-8-14(12-16-7-3)13(4)17-15/h5-6,8-9,16H,1-2,7,10-12H2,3-4H3. The number of nitrogens with zero attached hydrogens (tertiary/aromatic N) is 2. The van der Waals surface area contributed by atoms with Crippen molar-refractivity contribution in [3.05, 3.63) is 48.7 Å². The summed E-state index contributed by atoms with van der Waals surface area (Å²) in [5, 5.41) is 3.32. The van der Waals surface area contributed by atoms with Crippen LogP contribution < -0.4 is 10.2 Å². The van der Waals surface area contributed by atoms with E-state index in [1.165, 1.54) is 5.56 Å². The summed E-state index contributed by atoms with van der Waals surface area (Å²) in [5.41, 5.74) is 2.32. The van der Waals surface area contributed by atoms with Crippen molar-refractivity contribution >= 4 is 5.82 Å². The van der Waals surface area contributed by atoms with Crippen molar-refractivity contribution in [2.45, 2.75) is 20.4 Å². The van der Waals surface area contributed by atoms with Gasteiger partial charge in [-0.15, -0.1) is 13.2 Å². The Morgan fingerprint density at radius 1 is 1.28 bits per heavy atom. The molecule has 1 aromatic rings. The minimum absolute atomic E-state index is 0.783. The first-order chi connectivity index (χ1) is 8.72. The molecule has 0 aliphatic rings. The summed E-state index contributed by atoms with van der Waals surface area (Å²) in [7, 11) is 0. The minimum atomic E-state index is 0.783. The molecular weight excluding hydrogens is 222 g/mol. The lowest BCUT2D eigenvalue weighted by molar-refractivity contribution is 0.719. The predicted molar refractivity (Wildman–Crippen MR) is 79.0 cm³/mol. The second kappa shape index (κ2) is 7.67. The van der Waals surface area contributed by atoms with Crippen LogP contribution in [0, 0.1) is 6.92 Å². The number of pyridine rings is 1. The van der Waals surface area contributed by atoms with Gasteiger partial charge >= 0.3 is 0 Å². The zero-order chi connectivity index (χ0) is 13.4. The molecule has 0 fully saturated rings. The summed E-state index contributed by atoms with van der Waals surface area (Å²) >= 11 is 0. The number of hydrogen-bond donors (Lipinski definition) is 1. The highest BCUT2D eigenvalue weighted by atomic mass is 15.2. The van der Waals surface area contributed by atoms with Crippen molar-refractivity contribution < 1.29 is 0 Å². The van der Waals surface area contributed by atoms with Crippen molar-refractivity contribution in [2.24, 2.45) is 0 Å². The van der Waals surface area contributed by atoms with Gasteiger partial charge in [0.25, 0.3) is 0 Å². The molecule has 1 heterocycles. The van der Waals surface area contributed by atoms with Crippen LogP contribution in [0.3, 0.4) is 0 Å². The van der Waals surface area contributed by atoms with E-state index in [-0.39, 0.29) is 0 Å². The SMILES string of the molecule is C=CCN(CC=C)c1ccc(CNCC)c(C)n1. The Labute approximate surface area is 110 Å². The van der Waals surface area contributed by atoms with Crippen molar-refractivity contribution in [1.82, 2.24) is 10.3 Å². The highest BCUT2D eigenvalue weighted by molar-refractivity contribution is 5.43. The van der Waals surface area contributed by atoms with Gasteiger partial charge < -0.3 is 10.2 Å². The van der Waals surface area contributed by atoms with E-state index in [1.807, 2.05) is 12.2 Å². The summed E-state index contributed by atoms with van der Waals surface area (Å²) in [4.78, 5) is 6.80. The number of aryl methyl sites for hydroxylation is 1. The molecule has 0 spiro atoms. The van der Waals surface area contributed by atoms with Crippen LogP contribution in [0.1, 0.15) is 18.2 Å². The molecule has 0 radical (unpaired) electrons. The van der Waals surface area contributed by atoms with Crippen molar-refractivity contribution in [1.29, 1.82) is 0 Å². The van der Waals surface area contributed by atoms with Crippen molar-refractivity contribution in [2.75, 3.05) is 24.5 Å². The van der Waals surface area contributed by atoms with Crippen LogP contribution in [-0.2, 0) is 6.54 Å². The maximum absolute atomic E-state index is 4.65. The van der Waals surface area contributed by atoms with E-state index < -0.39 is 0 Å². The Morgan fingerprint density at radius 3 is 2.44 bits per heavy atom. The molecule has 18 heavy (non-hydrogen) atoms.